The summed E-state index contributed by atoms with van der Waals surface area (Å²) in [7, 11) is 0. The molecule has 3 rings (SSSR count). The fourth-order valence-electron chi connectivity index (χ4n) is 1.90. The minimum absolute atomic E-state index is 0.826. The molecule has 0 saturated heterocycles. The number of nitrogens with zero attached hydrogens (tertiary/aromatic N) is 2. The van der Waals surface area contributed by atoms with Crippen LogP contribution in [-0.4, -0.2) is 9.38 Å². The predicted octanol–water partition coefficient (Wildman–Crippen LogP) is 2.52. The Morgan fingerprint density at radius 1 is 1.46 bits per heavy atom. The third-order valence-corrected chi connectivity index (χ3v) is 2.79. The molecule has 0 atom stereocenters. The zero-order chi connectivity index (χ0) is 8.84. The Balaban J connectivity index is 2.27. The molecule has 1 aliphatic carbocycles. The number of hydrogen-bond acceptors (Lipinski definition) is 1. The first-order valence-corrected chi connectivity index (χ1v) is 4.78. The molecule has 2 heteroatoms. The Kier molecular flexibility index (Phi) is 1.29. The van der Waals surface area contributed by atoms with E-state index in [1.807, 2.05) is 12.4 Å². The second-order valence-corrected chi connectivity index (χ2v) is 3.88. The Bertz CT molecular complexity index is 452. The zero-order valence-corrected chi connectivity index (χ0v) is 7.70. The summed E-state index contributed by atoms with van der Waals surface area (Å²) in [6.45, 7) is 2.18. The van der Waals surface area contributed by atoms with E-state index < -0.39 is 0 Å². The molecule has 1 aliphatic rings. The van der Waals surface area contributed by atoms with Crippen LogP contribution in [-0.2, 0) is 0 Å². The van der Waals surface area contributed by atoms with Crippen LogP contribution in [0.25, 0.3) is 5.65 Å². The first-order valence-electron chi connectivity index (χ1n) is 4.78. The van der Waals surface area contributed by atoms with Gasteiger partial charge >= 0.3 is 0 Å². The summed E-state index contributed by atoms with van der Waals surface area (Å²) < 4.78 is 2.11. The standard InChI is InChI=1S/C11H12N2/c1-8-6-11-12-4-5-13(11)7-10(8)9-2-3-9/h4-7,9H,2-3H2,1H3. The molecule has 13 heavy (non-hydrogen) atoms. The molecule has 0 aromatic carbocycles. The van der Waals surface area contributed by atoms with Crippen molar-refractivity contribution in [2.24, 2.45) is 0 Å². The minimum Gasteiger partial charge on any atom is -0.307 e. The second kappa shape index (κ2) is 2.34. The Labute approximate surface area is 77.2 Å². The van der Waals surface area contributed by atoms with Crippen molar-refractivity contribution in [2.75, 3.05) is 0 Å². The molecule has 2 heterocycles. The van der Waals surface area contributed by atoms with Crippen molar-refractivity contribution in [3.05, 3.63) is 35.8 Å². The van der Waals surface area contributed by atoms with E-state index in [2.05, 4.69) is 28.6 Å². The van der Waals surface area contributed by atoms with Crippen LogP contribution in [0.3, 0.4) is 0 Å². The molecule has 66 valence electrons. The normalized spacial score (nSPS) is 16.7. The minimum atomic E-state index is 0.826. The van der Waals surface area contributed by atoms with Crippen molar-refractivity contribution >= 4 is 5.65 Å². The Morgan fingerprint density at radius 3 is 3.08 bits per heavy atom. The van der Waals surface area contributed by atoms with E-state index in [0.717, 1.165) is 11.6 Å². The summed E-state index contributed by atoms with van der Waals surface area (Å²) in [6, 6.07) is 2.17. The highest BCUT2D eigenvalue weighted by atomic mass is 15.0. The average Bonchev–Trinajstić information content (AvgIpc) is 2.85. The lowest BCUT2D eigenvalue weighted by atomic mass is 10.1. The Morgan fingerprint density at radius 2 is 2.31 bits per heavy atom. The fraction of sp³-hybridized carbons (Fsp3) is 0.364. The molecule has 0 radical (unpaired) electrons. The molecule has 0 aliphatic heterocycles. The molecule has 2 aromatic rings. The van der Waals surface area contributed by atoms with E-state index in [9.17, 15) is 0 Å². The van der Waals surface area contributed by atoms with Gasteiger partial charge in [-0.3, -0.25) is 0 Å². The summed E-state index contributed by atoms with van der Waals surface area (Å²) in [5.74, 6) is 0.826. The summed E-state index contributed by atoms with van der Waals surface area (Å²) >= 11 is 0. The molecular formula is C11H12N2. The van der Waals surface area contributed by atoms with Crippen LogP contribution in [0.5, 0.6) is 0 Å². The Hall–Kier alpha value is -1.31. The second-order valence-electron chi connectivity index (χ2n) is 3.88. The molecule has 2 nitrogen and oxygen atoms in total. The summed E-state index contributed by atoms with van der Waals surface area (Å²) in [5.41, 5.74) is 3.95. The zero-order valence-electron chi connectivity index (χ0n) is 7.70. The van der Waals surface area contributed by atoms with Gasteiger partial charge in [0, 0.05) is 18.6 Å². The predicted molar refractivity (Wildman–Crippen MR) is 51.9 cm³/mol. The van der Waals surface area contributed by atoms with Gasteiger partial charge in [0.05, 0.1) is 0 Å². The van der Waals surface area contributed by atoms with Crippen LogP contribution in [0.2, 0.25) is 0 Å². The lowest BCUT2D eigenvalue weighted by Gasteiger charge is -2.04. The average molecular weight is 172 g/mol. The molecule has 0 bridgehead atoms. The van der Waals surface area contributed by atoms with Crippen LogP contribution in [0.15, 0.2) is 24.7 Å². The van der Waals surface area contributed by atoms with E-state index in [1.165, 1.54) is 24.0 Å². The van der Waals surface area contributed by atoms with E-state index in [1.54, 1.807) is 0 Å². The summed E-state index contributed by atoms with van der Waals surface area (Å²) in [6.07, 6.45) is 8.82. The van der Waals surface area contributed by atoms with Gasteiger partial charge in [-0.15, -0.1) is 0 Å². The molecule has 0 spiro atoms. The first kappa shape index (κ1) is 7.13. The SMILES string of the molecule is Cc1cc2nccn2cc1C1CC1. The van der Waals surface area contributed by atoms with Crippen molar-refractivity contribution in [2.45, 2.75) is 25.7 Å². The first-order chi connectivity index (χ1) is 6.34. The van der Waals surface area contributed by atoms with Gasteiger partial charge in [-0.25, -0.2) is 4.98 Å². The third kappa shape index (κ3) is 1.05. The number of aryl methyl sites for hydroxylation is 1. The maximum Gasteiger partial charge on any atom is 0.136 e. The highest BCUT2D eigenvalue weighted by molar-refractivity contribution is 5.45. The van der Waals surface area contributed by atoms with Crippen molar-refractivity contribution < 1.29 is 0 Å². The van der Waals surface area contributed by atoms with Gasteiger partial charge < -0.3 is 4.40 Å². The van der Waals surface area contributed by atoms with Crippen molar-refractivity contribution in [1.82, 2.24) is 9.38 Å². The third-order valence-electron chi connectivity index (χ3n) is 2.79. The fourth-order valence-corrected chi connectivity index (χ4v) is 1.90. The molecule has 1 saturated carbocycles. The van der Waals surface area contributed by atoms with Crippen molar-refractivity contribution in [1.29, 1.82) is 0 Å². The monoisotopic (exact) mass is 172 g/mol. The van der Waals surface area contributed by atoms with Crippen LogP contribution in [0.1, 0.15) is 29.9 Å². The highest BCUT2D eigenvalue weighted by Crippen LogP contribution is 2.41. The van der Waals surface area contributed by atoms with E-state index in [4.69, 9.17) is 0 Å². The van der Waals surface area contributed by atoms with Gasteiger partial charge in [0.25, 0.3) is 0 Å². The lowest BCUT2D eigenvalue weighted by Crippen LogP contribution is -1.91. The molecule has 1 fully saturated rings. The van der Waals surface area contributed by atoms with Gasteiger partial charge in [-0.2, -0.15) is 0 Å². The molecule has 0 unspecified atom stereocenters. The van der Waals surface area contributed by atoms with Crippen LogP contribution in [0, 0.1) is 6.92 Å². The largest absolute Gasteiger partial charge is 0.307 e. The number of aromatic nitrogens is 2. The number of fused-ring (bicyclic) bond motifs is 1. The quantitative estimate of drug-likeness (QED) is 0.646. The van der Waals surface area contributed by atoms with Crippen LogP contribution >= 0.6 is 0 Å². The highest BCUT2D eigenvalue weighted by Gasteiger charge is 2.25. The molecule has 0 amide bonds. The van der Waals surface area contributed by atoms with Gasteiger partial charge in [0.1, 0.15) is 5.65 Å². The van der Waals surface area contributed by atoms with Gasteiger partial charge in [-0.1, -0.05) is 0 Å². The molecule has 0 N–H and O–H groups in total. The van der Waals surface area contributed by atoms with Crippen molar-refractivity contribution in [3.63, 3.8) is 0 Å². The van der Waals surface area contributed by atoms with E-state index in [-0.39, 0.29) is 0 Å². The van der Waals surface area contributed by atoms with Crippen molar-refractivity contribution in [3.8, 4) is 0 Å². The van der Waals surface area contributed by atoms with E-state index in [0.29, 0.717) is 0 Å². The van der Waals surface area contributed by atoms with E-state index >= 15 is 0 Å². The maximum atomic E-state index is 4.26. The summed E-state index contributed by atoms with van der Waals surface area (Å²) in [4.78, 5) is 4.26. The lowest BCUT2D eigenvalue weighted by molar-refractivity contribution is 1.03. The smallest absolute Gasteiger partial charge is 0.136 e. The summed E-state index contributed by atoms with van der Waals surface area (Å²) in [5, 5.41) is 0. The number of pyridine rings is 1. The van der Waals surface area contributed by atoms with Gasteiger partial charge in [0.15, 0.2) is 0 Å². The topological polar surface area (TPSA) is 17.3 Å². The van der Waals surface area contributed by atoms with Crippen LogP contribution in [0.4, 0.5) is 0 Å². The number of imidazole rings is 1. The number of rotatable bonds is 1. The maximum absolute atomic E-state index is 4.26. The number of hydrogen-bond donors (Lipinski definition) is 0. The van der Waals surface area contributed by atoms with Gasteiger partial charge in [-0.05, 0) is 42.9 Å². The molecule has 2 aromatic heterocycles. The van der Waals surface area contributed by atoms with Crippen LogP contribution < -0.4 is 0 Å². The van der Waals surface area contributed by atoms with Gasteiger partial charge in [0.2, 0.25) is 0 Å². The molecular weight excluding hydrogens is 160 g/mol.